The summed E-state index contributed by atoms with van der Waals surface area (Å²) in [6, 6.07) is -0.906. The van der Waals surface area contributed by atoms with Crippen LogP contribution in [0.1, 0.15) is 37.0 Å². The Balaban J connectivity index is 2.23. The predicted octanol–water partition coefficient (Wildman–Crippen LogP) is 0.660. The highest BCUT2D eigenvalue weighted by Crippen LogP contribution is 2.22. The second-order valence-electron chi connectivity index (χ2n) is 4.96. The van der Waals surface area contributed by atoms with E-state index >= 15 is 0 Å². The van der Waals surface area contributed by atoms with Crippen LogP contribution >= 0.6 is 0 Å². The number of amides is 1. The third-order valence-electron chi connectivity index (χ3n) is 3.46. The summed E-state index contributed by atoms with van der Waals surface area (Å²) in [5.41, 5.74) is 2.20. The number of aryl methyl sites for hydroxylation is 2. The van der Waals surface area contributed by atoms with Crippen molar-refractivity contribution in [1.29, 1.82) is 0 Å². The van der Waals surface area contributed by atoms with Gasteiger partial charge in [-0.15, -0.1) is 0 Å². The molecule has 0 aromatic carbocycles. The van der Waals surface area contributed by atoms with Gasteiger partial charge in [0.2, 0.25) is 5.91 Å². The number of nitrogens with one attached hydrogen (secondary N) is 1. The zero-order valence-electron chi connectivity index (χ0n) is 11.3. The minimum atomic E-state index is -1.02. The summed E-state index contributed by atoms with van der Waals surface area (Å²) in [4.78, 5) is 26.8. The molecule has 0 saturated carbocycles. The molecule has 1 atom stereocenters. The minimum absolute atomic E-state index is 0.239. The largest absolute Gasteiger partial charge is 0.480 e. The van der Waals surface area contributed by atoms with Crippen LogP contribution in [0.3, 0.4) is 0 Å². The van der Waals surface area contributed by atoms with Gasteiger partial charge in [-0.3, -0.25) is 4.79 Å². The summed E-state index contributed by atoms with van der Waals surface area (Å²) in [7, 11) is 0. The Bertz CT molecular complexity index is 507. The molecule has 1 aliphatic rings. The Kier molecular flexibility index (Phi) is 3.87. The first-order valence-electron chi connectivity index (χ1n) is 6.54. The van der Waals surface area contributed by atoms with Crippen LogP contribution < -0.4 is 5.32 Å². The molecule has 1 amide bonds. The third-order valence-corrected chi connectivity index (χ3v) is 3.46. The molecule has 2 rings (SSSR count). The molecule has 0 radical (unpaired) electrons. The van der Waals surface area contributed by atoms with Crippen LogP contribution in [-0.2, 0) is 29.0 Å². The summed E-state index contributed by atoms with van der Waals surface area (Å²) < 4.78 is 1.93. The number of nitrogens with zero attached hydrogens (tertiary/aromatic N) is 2. The second kappa shape index (κ2) is 5.42. The molecule has 104 valence electrons. The first kappa shape index (κ1) is 13.6. The first-order chi connectivity index (χ1) is 8.99. The second-order valence-corrected chi connectivity index (χ2v) is 4.96. The Labute approximate surface area is 111 Å². The zero-order chi connectivity index (χ0) is 14.0. The maximum absolute atomic E-state index is 11.2. The first-order valence-corrected chi connectivity index (χ1v) is 6.54. The lowest BCUT2D eigenvalue weighted by atomic mass is 10.0. The van der Waals surface area contributed by atoms with Crippen molar-refractivity contribution < 1.29 is 14.7 Å². The number of carboxylic acid groups (broad SMARTS) is 1. The molecule has 1 heterocycles. The number of carbonyl (C=O) groups excluding carboxylic acids is 1. The molecule has 1 aromatic heterocycles. The van der Waals surface area contributed by atoms with Gasteiger partial charge in [-0.2, -0.15) is 0 Å². The van der Waals surface area contributed by atoms with E-state index in [9.17, 15) is 9.59 Å². The van der Waals surface area contributed by atoms with Crippen LogP contribution in [0.15, 0.2) is 0 Å². The number of carbonyl (C=O) groups is 2. The summed E-state index contributed by atoms with van der Waals surface area (Å²) in [5, 5.41) is 11.6. The van der Waals surface area contributed by atoms with Crippen molar-refractivity contribution in [2.75, 3.05) is 0 Å². The Morgan fingerprint density at radius 1 is 1.42 bits per heavy atom. The van der Waals surface area contributed by atoms with Gasteiger partial charge in [0, 0.05) is 12.6 Å². The molecular formula is C13H19N3O3. The van der Waals surface area contributed by atoms with Crippen molar-refractivity contribution in [2.24, 2.45) is 0 Å². The number of imidazole rings is 1. The van der Waals surface area contributed by atoms with Crippen LogP contribution in [-0.4, -0.2) is 32.6 Å². The van der Waals surface area contributed by atoms with Gasteiger partial charge in [0.1, 0.15) is 11.9 Å². The van der Waals surface area contributed by atoms with E-state index in [1.54, 1.807) is 0 Å². The van der Waals surface area contributed by atoms with Crippen molar-refractivity contribution >= 4 is 11.9 Å². The molecule has 6 nitrogen and oxygen atoms in total. The molecule has 0 saturated heterocycles. The minimum Gasteiger partial charge on any atom is -0.480 e. The van der Waals surface area contributed by atoms with Crippen LogP contribution in [0.2, 0.25) is 0 Å². The summed E-state index contributed by atoms with van der Waals surface area (Å²) >= 11 is 0. The lowest BCUT2D eigenvalue weighted by Gasteiger charge is -2.19. The van der Waals surface area contributed by atoms with Gasteiger partial charge in [0.15, 0.2) is 0 Å². The van der Waals surface area contributed by atoms with Gasteiger partial charge in [-0.25, -0.2) is 9.78 Å². The molecule has 0 fully saturated rings. The molecule has 1 aliphatic carbocycles. The molecule has 19 heavy (non-hydrogen) atoms. The van der Waals surface area contributed by atoms with E-state index in [2.05, 4.69) is 10.3 Å². The highest BCUT2D eigenvalue weighted by Gasteiger charge is 2.24. The molecule has 1 aromatic rings. The number of hydrogen-bond donors (Lipinski definition) is 2. The Morgan fingerprint density at radius 3 is 2.74 bits per heavy atom. The van der Waals surface area contributed by atoms with Crippen LogP contribution in [0.4, 0.5) is 0 Å². The summed E-state index contributed by atoms with van der Waals surface area (Å²) in [6.07, 6.45) is 4.14. The fourth-order valence-corrected chi connectivity index (χ4v) is 2.59. The molecule has 0 aliphatic heterocycles. The van der Waals surface area contributed by atoms with E-state index < -0.39 is 12.0 Å². The van der Waals surface area contributed by atoms with E-state index in [-0.39, 0.29) is 12.5 Å². The van der Waals surface area contributed by atoms with Crippen molar-refractivity contribution in [2.45, 2.75) is 52.1 Å². The number of carboxylic acids is 1. The molecule has 2 N–H and O–H groups in total. The highest BCUT2D eigenvalue weighted by atomic mass is 16.4. The average molecular weight is 265 g/mol. The number of aliphatic carboxylic acids is 1. The van der Waals surface area contributed by atoms with E-state index in [4.69, 9.17) is 5.11 Å². The molecule has 1 unspecified atom stereocenters. The molecule has 6 heteroatoms. The SMILES string of the molecule is CC(=O)NC(Cn1c(C)nc2c1CCCC2)C(=O)O. The average Bonchev–Trinajstić information content (AvgIpc) is 2.64. The maximum atomic E-state index is 11.2. The predicted molar refractivity (Wildman–Crippen MR) is 68.8 cm³/mol. The van der Waals surface area contributed by atoms with Crippen molar-refractivity contribution in [3.05, 3.63) is 17.2 Å². The lowest BCUT2D eigenvalue weighted by molar-refractivity contribution is -0.141. The van der Waals surface area contributed by atoms with Crippen LogP contribution in [0.5, 0.6) is 0 Å². The van der Waals surface area contributed by atoms with Gasteiger partial charge >= 0.3 is 5.97 Å². The van der Waals surface area contributed by atoms with Gasteiger partial charge in [-0.1, -0.05) is 0 Å². The van der Waals surface area contributed by atoms with Crippen LogP contribution in [0.25, 0.3) is 0 Å². The normalized spacial score (nSPS) is 15.7. The van der Waals surface area contributed by atoms with Crippen molar-refractivity contribution in [1.82, 2.24) is 14.9 Å². The van der Waals surface area contributed by atoms with Gasteiger partial charge in [-0.05, 0) is 32.6 Å². The van der Waals surface area contributed by atoms with Crippen molar-refractivity contribution in [3.63, 3.8) is 0 Å². The van der Waals surface area contributed by atoms with Crippen molar-refractivity contribution in [3.8, 4) is 0 Å². The topological polar surface area (TPSA) is 84.2 Å². The quantitative estimate of drug-likeness (QED) is 0.837. The van der Waals surface area contributed by atoms with Crippen LogP contribution in [0, 0.1) is 6.92 Å². The van der Waals surface area contributed by atoms with E-state index in [1.165, 1.54) is 6.92 Å². The standard InChI is InChI=1S/C13H19N3O3/c1-8-14-10-5-3-4-6-12(10)16(8)7-11(13(18)19)15-9(2)17/h11H,3-7H2,1-2H3,(H,15,17)(H,18,19). The van der Waals surface area contributed by atoms with Gasteiger partial charge < -0.3 is 15.0 Å². The molecule has 0 bridgehead atoms. The fourth-order valence-electron chi connectivity index (χ4n) is 2.59. The smallest absolute Gasteiger partial charge is 0.328 e. The van der Waals surface area contributed by atoms with Gasteiger partial charge in [0.25, 0.3) is 0 Å². The third kappa shape index (κ3) is 2.94. The molecular weight excluding hydrogens is 246 g/mol. The number of aromatic nitrogens is 2. The number of fused-ring (bicyclic) bond motifs is 1. The van der Waals surface area contributed by atoms with E-state index in [0.717, 1.165) is 42.9 Å². The number of rotatable bonds is 4. The Hall–Kier alpha value is -1.85. The summed E-state index contributed by atoms with van der Waals surface area (Å²) in [6.45, 7) is 3.44. The summed E-state index contributed by atoms with van der Waals surface area (Å²) in [5.74, 6) is -0.532. The van der Waals surface area contributed by atoms with Gasteiger partial charge in [0.05, 0.1) is 12.2 Å². The zero-order valence-corrected chi connectivity index (χ0v) is 11.3. The maximum Gasteiger partial charge on any atom is 0.328 e. The monoisotopic (exact) mass is 265 g/mol. The highest BCUT2D eigenvalue weighted by molar-refractivity contribution is 5.81. The van der Waals surface area contributed by atoms with E-state index in [0.29, 0.717) is 0 Å². The number of hydrogen-bond acceptors (Lipinski definition) is 3. The molecule has 0 spiro atoms. The Morgan fingerprint density at radius 2 is 2.11 bits per heavy atom. The fraction of sp³-hybridized carbons (Fsp3) is 0.615. The van der Waals surface area contributed by atoms with E-state index in [1.807, 2.05) is 11.5 Å². The lowest BCUT2D eigenvalue weighted by Crippen LogP contribution is -2.43.